The number of hydrogen-bond acceptors (Lipinski definition) is 4. The van der Waals surface area contributed by atoms with E-state index in [9.17, 15) is 4.79 Å². The van der Waals surface area contributed by atoms with Gasteiger partial charge in [-0.3, -0.25) is 4.79 Å². The number of pyridine rings is 1. The Labute approximate surface area is 157 Å². The summed E-state index contributed by atoms with van der Waals surface area (Å²) in [6, 6.07) is 12.2. The number of nitrogens with two attached hydrogens (primary N) is 1. The quantitative estimate of drug-likeness (QED) is 0.381. The van der Waals surface area contributed by atoms with Crippen molar-refractivity contribution in [2.45, 2.75) is 33.2 Å². The van der Waals surface area contributed by atoms with Crippen LogP contribution in [0.15, 0.2) is 41.6 Å². The summed E-state index contributed by atoms with van der Waals surface area (Å²) < 4.78 is 2.30. The lowest BCUT2D eigenvalue weighted by molar-refractivity contribution is -0.138. The van der Waals surface area contributed by atoms with E-state index in [4.69, 9.17) is 15.7 Å². The van der Waals surface area contributed by atoms with E-state index in [0.717, 1.165) is 40.1 Å². The summed E-state index contributed by atoms with van der Waals surface area (Å²) in [4.78, 5) is 16.1. The first-order valence-corrected chi connectivity index (χ1v) is 9.14. The molecule has 6 nitrogen and oxygen atoms in total. The minimum Gasteiger partial charge on any atom is -0.481 e. The topological polar surface area (TPSA) is 89.8 Å². The van der Waals surface area contributed by atoms with Crippen LogP contribution in [-0.2, 0) is 16.2 Å². The molecule has 0 unspecified atom stereocenters. The number of para-hydroxylation sites is 1. The average molecular weight is 367 g/mol. The average Bonchev–Trinajstić information content (AvgIpc) is 2.66. The second-order valence-corrected chi connectivity index (χ2v) is 6.63. The zero-order chi connectivity index (χ0) is 19.4. The molecule has 0 aliphatic heterocycles. The summed E-state index contributed by atoms with van der Waals surface area (Å²) in [5.74, 6) is -0.904. The Kier molecular flexibility index (Phi) is 5.76. The first-order chi connectivity index (χ1) is 13.0. The highest BCUT2D eigenvalue weighted by Gasteiger charge is 2.13. The minimum atomic E-state index is -0.904. The summed E-state index contributed by atoms with van der Waals surface area (Å²) in [6.07, 6.45) is 0.795. The number of hydrogen-bond donors (Lipinski definition) is 2. The largest absolute Gasteiger partial charge is 0.481 e. The standard InChI is InChI=1S/C21H25N3O3/c1-14-8-9-17-20(23-27-13-10-19(25)26)16-6-3-4-7-18(16)24(12-5-11-22)21(17)15(14)2/h3-4,6-9H,5,10-13,22H2,1-2H3,(H,25,26)/b23-20+. The fourth-order valence-electron chi connectivity index (χ4n) is 3.34. The Morgan fingerprint density at radius 1 is 1.19 bits per heavy atom. The zero-order valence-corrected chi connectivity index (χ0v) is 15.7. The molecule has 0 aliphatic rings. The molecule has 0 saturated heterocycles. The maximum Gasteiger partial charge on any atom is 0.306 e. The Bertz CT molecular complexity index is 1050. The smallest absolute Gasteiger partial charge is 0.306 e. The Morgan fingerprint density at radius 3 is 2.70 bits per heavy atom. The summed E-state index contributed by atoms with van der Waals surface area (Å²) in [6.45, 7) is 5.69. The van der Waals surface area contributed by atoms with Crippen LogP contribution in [0.4, 0.5) is 0 Å². The number of carbonyl (C=O) groups is 1. The molecule has 0 amide bonds. The number of carboxylic acid groups (broad SMARTS) is 1. The molecule has 2 aromatic carbocycles. The monoisotopic (exact) mass is 367 g/mol. The highest BCUT2D eigenvalue weighted by atomic mass is 16.6. The van der Waals surface area contributed by atoms with Gasteiger partial charge in [0.2, 0.25) is 0 Å². The van der Waals surface area contributed by atoms with Crippen LogP contribution in [0, 0.1) is 13.8 Å². The fraction of sp³-hybridized carbons (Fsp3) is 0.333. The number of aromatic nitrogens is 1. The van der Waals surface area contributed by atoms with Gasteiger partial charge in [-0.1, -0.05) is 35.5 Å². The van der Waals surface area contributed by atoms with E-state index in [1.807, 2.05) is 18.2 Å². The fourth-order valence-corrected chi connectivity index (χ4v) is 3.34. The van der Waals surface area contributed by atoms with E-state index < -0.39 is 5.97 Å². The molecular formula is C21H25N3O3. The number of aryl methyl sites for hydroxylation is 3. The van der Waals surface area contributed by atoms with E-state index in [2.05, 4.69) is 41.8 Å². The molecule has 1 heterocycles. The normalized spacial score (nSPS) is 12.0. The summed E-state index contributed by atoms with van der Waals surface area (Å²) in [5, 5.41) is 15.8. The van der Waals surface area contributed by atoms with Crippen molar-refractivity contribution in [3.63, 3.8) is 0 Å². The van der Waals surface area contributed by atoms with Crippen molar-refractivity contribution in [1.82, 2.24) is 4.57 Å². The van der Waals surface area contributed by atoms with Crippen LogP contribution in [-0.4, -0.2) is 28.8 Å². The molecule has 0 aliphatic carbocycles. The highest BCUT2D eigenvalue weighted by molar-refractivity contribution is 5.95. The molecular weight excluding hydrogens is 342 g/mol. The molecule has 0 atom stereocenters. The van der Waals surface area contributed by atoms with Crippen molar-refractivity contribution in [3.05, 3.63) is 52.9 Å². The van der Waals surface area contributed by atoms with Crippen molar-refractivity contribution in [3.8, 4) is 0 Å². The van der Waals surface area contributed by atoms with Gasteiger partial charge in [0.05, 0.1) is 17.5 Å². The van der Waals surface area contributed by atoms with E-state index in [1.165, 1.54) is 11.1 Å². The number of benzene rings is 2. The Morgan fingerprint density at radius 2 is 1.96 bits per heavy atom. The molecule has 27 heavy (non-hydrogen) atoms. The van der Waals surface area contributed by atoms with Crippen LogP contribution in [0.2, 0.25) is 0 Å². The maximum absolute atomic E-state index is 10.7. The van der Waals surface area contributed by atoms with Crippen LogP contribution >= 0.6 is 0 Å². The van der Waals surface area contributed by atoms with Gasteiger partial charge in [-0.05, 0) is 44.0 Å². The van der Waals surface area contributed by atoms with Crippen LogP contribution < -0.4 is 11.1 Å². The van der Waals surface area contributed by atoms with Gasteiger partial charge < -0.3 is 20.2 Å². The van der Waals surface area contributed by atoms with Crippen LogP contribution in [0.3, 0.4) is 0 Å². The van der Waals surface area contributed by atoms with Crippen molar-refractivity contribution >= 4 is 27.8 Å². The summed E-state index contributed by atoms with van der Waals surface area (Å²) in [7, 11) is 0. The molecule has 0 saturated carbocycles. The van der Waals surface area contributed by atoms with Gasteiger partial charge in [-0.2, -0.15) is 0 Å². The number of rotatable bonds is 7. The third kappa shape index (κ3) is 3.80. The van der Waals surface area contributed by atoms with Crippen molar-refractivity contribution in [2.24, 2.45) is 10.9 Å². The van der Waals surface area contributed by atoms with E-state index >= 15 is 0 Å². The van der Waals surface area contributed by atoms with Gasteiger partial charge in [-0.25, -0.2) is 0 Å². The first kappa shape index (κ1) is 18.9. The first-order valence-electron chi connectivity index (χ1n) is 9.14. The highest BCUT2D eigenvalue weighted by Crippen LogP contribution is 2.24. The SMILES string of the molecule is Cc1ccc2/c(=N/OCCC(=O)O)c3ccccc3n(CCCN)c2c1C. The molecule has 0 fully saturated rings. The van der Waals surface area contributed by atoms with Crippen LogP contribution in [0.5, 0.6) is 0 Å². The molecule has 0 bridgehead atoms. The van der Waals surface area contributed by atoms with Gasteiger partial charge in [-0.15, -0.1) is 0 Å². The van der Waals surface area contributed by atoms with Crippen molar-refractivity contribution in [1.29, 1.82) is 0 Å². The Hall–Kier alpha value is -2.86. The molecule has 3 rings (SSSR count). The molecule has 6 heteroatoms. The predicted molar refractivity (Wildman–Crippen MR) is 106 cm³/mol. The molecule has 0 radical (unpaired) electrons. The van der Waals surface area contributed by atoms with E-state index in [1.54, 1.807) is 0 Å². The molecule has 3 aromatic rings. The summed E-state index contributed by atoms with van der Waals surface area (Å²) >= 11 is 0. The maximum atomic E-state index is 10.7. The third-order valence-corrected chi connectivity index (χ3v) is 4.83. The van der Waals surface area contributed by atoms with Gasteiger partial charge in [0.15, 0.2) is 0 Å². The molecule has 3 N–H and O–H groups in total. The van der Waals surface area contributed by atoms with Crippen LogP contribution in [0.25, 0.3) is 21.8 Å². The Balaban J connectivity index is 2.32. The minimum absolute atomic E-state index is 0.0397. The van der Waals surface area contributed by atoms with Gasteiger partial charge in [0.25, 0.3) is 0 Å². The predicted octanol–water partition coefficient (Wildman–Crippen LogP) is 3.07. The van der Waals surface area contributed by atoms with Gasteiger partial charge >= 0.3 is 5.97 Å². The number of aliphatic carboxylic acids is 1. The van der Waals surface area contributed by atoms with Gasteiger partial charge in [0.1, 0.15) is 12.0 Å². The lowest BCUT2D eigenvalue weighted by Gasteiger charge is -2.18. The lowest BCUT2D eigenvalue weighted by Crippen LogP contribution is -2.16. The van der Waals surface area contributed by atoms with Crippen molar-refractivity contribution in [2.75, 3.05) is 13.2 Å². The second-order valence-electron chi connectivity index (χ2n) is 6.63. The van der Waals surface area contributed by atoms with E-state index in [0.29, 0.717) is 6.54 Å². The van der Waals surface area contributed by atoms with Crippen LogP contribution in [0.1, 0.15) is 24.0 Å². The zero-order valence-electron chi connectivity index (χ0n) is 15.7. The second kappa shape index (κ2) is 8.22. The summed E-state index contributed by atoms with van der Waals surface area (Å²) in [5.41, 5.74) is 10.3. The number of nitrogens with zero attached hydrogens (tertiary/aromatic N) is 2. The van der Waals surface area contributed by atoms with Crippen molar-refractivity contribution < 1.29 is 14.7 Å². The number of fused-ring (bicyclic) bond motifs is 2. The molecule has 0 spiro atoms. The van der Waals surface area contributed by atoms with E-state index in [-0.39, 0.29) is 13.0 Å². The lowest BCUT2D eigenvalue weighted by atomic mass is 10.0. The number of carboxylic acids is 1. The molecule has 142 valence electrons. The molecule has 1 aromatic heterocycles. The van der Waals surface area contributed by atoms with Gasteiger partial charge in [0, 0.05) is 17.3 Å². The third-order valence-electron chi connectivity index (χ3n) is 4.83.